The van der Waals surface area contributed by atoms with Gasteiger partial charge in [0.25, 0.3) is 0 Å². The van der Waals surface area contributed by atoms with Crippen LogP contribution in [0, 0.1) is 17.6 Å². The molecule has 2 heterocycles. The standard InChI is InChI=1S/C22H24ClF2NO6S2/c23-14-1-3-15(4-2-14)34(29,30)22-8-10-31-19(7-11-33(27,28)12-9-26)16(22)13-32-21-18(25)6-5-17(24)20(21)22/h1-6,16,19H,7-13,26H2. The largest absolute Gasteiger partial charge is 0.490 e. The number of hydrogen-bond donors (Lipinski definition) is 1. The van der Waals surface area contributed by atoms with Gasteiger partial charge in [-0.1, -0.05) is 11.6 Å². The van der Waals surface area contributed by atoms with Gasteiger partial charge in [-0.3, -0.25) is 0 Å². The van der Waals surface area contributed by atoms with Crippen LogP contribution in [0.3, 0.4) is 0 Å². The fourth-order valence-corrected chi connectivity index (χ4v) is 8.54. The lowest BCUT2D eigenvalue weighted by molar-refractivity contribution is -0.0732. The monoisotopic (exact) mass is 535 g/mol. The molecule has 1 saturated heterocycles. The van der Waals surface area contributed by atoms with Gasteiger partial charge in [0, 0.05) is 24.1 Å². The van der Waals surface area contributed by atoms with Gasteiger partial charge < -0.3 is 15.2 Å². The Balaban J connectivity index is 1.88. The zero-order valence-corrected chi connectivity index (χ0v) is 20.4. The van der Waals surface area contributed by atoms with E-state index in [4.69, 9.17) is 26.8 Å². The van der Waals surface area contributed by atoms with E-state index in [1.54, 1.807) is 0 Å². The quantitative estimate of drug-likeness (QED) is 0.580. The van der Waals surface area contributed by atoms with Crippen molar-refractivity contribution in [1.82, 2.24) is 0 Å². The molecule has 34 heavy (non-hydrogen) atoms. The molecule has 0 aliphatic carbocycles. The van der Waals surface area contributed by atoms with Crippen LogP contribution in [0.15, 0.2) is 41.3 Å². The van der Waals surface area contributed by atoms with Crippen LogP contribution >= 0.6 is 11.6 Å². The van der Waals surface area contributed by atoms with Gasteiger partial charge in [-0.2, -0.15) is 0 Å². The van der Waals surface area contributed by atoms with Crippen molar-refractivity contribution in [3.05, 3.63) is 58.6 Å². The molecule has 12 heteroatoms. The van der Waals surface area contributed by atoms with Crippen molar-refractivity contribution in [1.29, 1.82) is 0 Å². The second-order valence-electron chi connectivity index (χ2n) is 8.39. The van der Waals surface area contributed by atoms with Crippen LogP contribution in [0.25, 0.3) is 0 Å². The van der Waals surface area contributed by atoms with Crippen molar-refractivity contribution >= 4 is 31.3 Å². The fraction of sp³-hybridized carbons (Fsp3) is 0.455. The van der Waals surface area contributed by atoms with Crippen molar-refractivity contribution in [2.24, 2.45) is 11.7 Å². The summed E-state index contributed by atoms with van der Waals surface area (Å²) in [5.41, 5.74) is 4.98. The number of benzene rings is 2. The Morgan fingerprint density at radius 2 is 1.71 bits per heavy atom. The molecule has 1 fully saturated rings. The van der Waals surface area contributed by atoms with Crippen molar-refractivity contribution in [3.63, 3.8) is 0 Å². The van der Waals surface area contributed by atoms with Crippen LogP contribution in [0.4, 0.5) is 8.78 Å². The number of hydrogen-bond acceptors (Lipinski definition) is 7. The summed E-state index contributed by atoms with van der Waals surface area (Å²) >= 11 is 5.93. The smallest absolute Gasteiger partial charge is 0.189 e. The number of ether oxygens (including phenoxy) is 2. The predicted molar refractivity (Wildman–Crippen MR) is 122 cm³/mol. The molecular weight excluding hydrogens is 512 g/mol. The molecule has 0 spiro atoms. The summed E-state index contributed by atoms with van der Waals surface area (Å²) < 4.78 is 92.2. The van der Waals surface area contributed by atoms with E-state index >= 15 is 4.39 Å². The fourth-order valence-electron chi connectivity index (χ4n) is 4.91. The Morgan fingerprint density at radius 3 is 2.38 bits per heavy atom. The minimum atomic E-state index is -4.34. The van der Waals surface area contributed by atoms with E-state index in [9.17, 15) is 21.2 Å². The molecule has 186 valence electrons. The first-order valence-corrected chi connectivity index (χ1v) is 14.4. The normalized spacial score (nSPS) is 24.7. The van der Waals surface area contributed by atoms with E-state index in [2.05, 4.69) is 0 Å². The van der Waals surface area contributed by atoms with E-state index in [0.717, 1.165) is 12.1 Å². The molecule has 2 aliphatic heterocycles. The maximum Gasteiger partial charge on any atom is 0.189 e. The highest BCUT2D eigenvalue weighted by Gasteiger charge is 2.61. The van der Waals surface area contributed by atoms with E-state index in [1.165, 1.54) is 24.3 Å². The van der Waals surface area contributed by atoms with E-state index < -0.39 is 59.4 Å². The molecule has 2 N–H and O–H groups in total. The number of nitrogens with two attached hydrogens (primary N) is 1. The van der Waals surface area contributed by atoms with E-state index in [1.807, 2.05) is 0 Å². The van der Waals surface area contributed by atoms with Crippen molar-refractivity contribution in [2.75, 3.05) is 31.3 Å². The summed E-state index contributed by atoms with van der Waals surface area (Å²) in [5.74, 6) is -3.76. The molecule has 3 atom stereocenters. The number of sulfone groups is 2. The Labute approximate surface area is 202 Å². The van der Waals surface area contributed by atoms with Crippen molar-refractivity contribution in [3.8, 4) is 5.75 Å². The van der Waals surface area contributed by atoms with Crippen LogP contribution in [0.2, 0.25) is 5.02 Å². The minimum absolute atomic E-state index is 0.0412. The highest BCUT2D eigenvalue weighted by molar-refractivity contribution is 7.92. The average Bonchev–Trinajstić information content (AvgIpc) is 2.79. The molecule has 2 aromatic carbocycles. The van der Waals surface area contributed by atoms with Gasteiger partial charge in [-0.15, -0.1) is 0 Å². The SMILES string of the molecule is NCCS(=O)(=O)CCC1OCCC2(S(=O)(=O)c3ccc(Cl)cc3)c3c(F)ccc(F)c3OCC12. The first-order valence-electron chi connectivity index (χ1n) is 10.7. The molecule has 0 bridgehead atoms. The van der Waals surface area contributed by atoms with Gasteiger partial charge in [-0.05, 0) is 49.2 Å². The lowest BCUT2D eigenvalue weighted by Crippen LogP contribution is -2.57. The lowest BCUT2D eigenvalue weighted by Gasteiger charge is -2.50. The van der Waals surface area contributed by atoms with Crippen LogP contribution in [-0.4, -0.2) is 54.2 Å². The second-order valence-corrected chi connectivity index (χ2v) is 13.3. The summed E-state index contributed by atoms with van der Waals surface area (Å²) in [7, 11) is -7.85. The molecule has 7 nitrogen and oxygen atoms in total. The topological polar surface area (TPSA) is 113 Å². The lowest BCUT2D eigenvalue weighted by atomic mass is 9.75. The Hall–Kier alpha value is -1.79. The molecule has 0 aromatic heterocycles. The first kappa shape index (κ1) is 25.3. The molecule has 2 aromatic rings. The minimum Gasteiger partial charge on any atom is -0.490 e. The Bertz CT molecular complexity index is 1290. The molecule has 2 aliphatic rings. The van der Waals surface area contributed by atoms with Crippen LogP contribution in [-0.2, 0) is 29.2 Å². The predicted octanol–water partition coefficient (Wildman–Crippen LogP) is 2.85. The summed E-state index contributed by atoms with van der Waals surface area (Å²) in [6.45, 7) is -0.435. The second kappa shape index (κ2) is 9.34. The number of halogens is 3. The average molecular weight is 536 g/mol. The van der Waals surface area contributed by atoms with Crippen molar-refractivity contribution < 1.29 is 35.1 Å². The van der Waals surface area contributed by atoms with Gasteiger partial charge in [0.05, 0.1) is 34.7 Å². The third kappa shape index (κ3) is 4.21. The van der Waals surface area contributed by atoms with E-state index in [0.29, 0.717) is 5.02 Å². The van der Waals surface area contributed by atoms with Crippen molar-refractivity contribution in [2.45, 2.75) is 28.6 Å². The highest BCUT2D eigenvalue weighted by atomic mass is 35.5. The maximum absolute atomic E-state index is 15.3. The molecule has 0 amide bonds. The molecular formula is C22H24ClF2NO6S2. The van der Waals surface area contributed by atoms with Gasteiger partial charge in [0.1, 0.15) is 10.6 Å². The van der Waals surface area contributed by atoms with Gasteiger partial charge in [-0.25, -0.2) is 25.6 Å². The van der Waals surface area contributed by atoms with Crippen LogP contribution in [0.5, 0.6) is 5.75 Å². The molecule has 0 radical (unpaired) electrons. The van der Waals surface area contributed by atoms with Gasteiger partial charge in [0.15, 0.2) is 31.2 Å². The van der Waals surface area contributed by atoms with Gasteiger partial charge in [0.2, 0.25) is 0 Å². The first-order chi connectivity index (χ1) is 16.0. The third-order valence-corrected chi connectivity index (χ3v) is 11.0. The zero-order chi connectivity index (χ0) is 24.7. The van der Waals surface area contributed by atoms with Crippen LogP contribution in [0.1, 0.15) is 18.4 Å². The summed E-state index contributed by atoms with van der Waals surface area (Å²) in [5, 5.41) is 0.313. The maximum atomic E-state index is 15.3. The summed E-state index contributed by atoms with van der Waals surface area (Å²) in [6, 6.07) is 7.18. The molecule has 0 saturated carbocycles. The van der Waals surface area contributed by atoms with E-state index in [-0.39, 0.29) is 49.0 Å². The van der Waals surface area contributed by atoms with Crippen LogP contribution < -0.4 is 10.5 Å². The molecule has 4 rings (SSSR count). The summed E-state index contributed by atoms with van der Waals surface area (Å²) in [4.78, 5) is -0.116. The zero-order valence-electron chi connectivity index (χ0n) is 18.0. The molecule has 3 unspecified atom stereocenters. The highest BCUT2D eigenvalue weighted by Crippen LogP contribution is 2.55. The Kier molecular flexibility index (Phi) is 6.96. The number of fused-ring (bicyclic) bond motifs is 3. The summed E-state index contributed by atoms with van der Waals surface area (Å²) in [6.07, 6.45) is -1.09. The van der Waals surface area contributed by atoms with Gasteiger partial charge >= 0.3 is 0 Å². The number of rotatable bonds is 7. The third-order valence-electron chi connectivity index (χ3n) is 6.49. The Morgan fingerprint density at radius 1 is 1.03 bits per heavy atom.